The molecule has 0 bridgehead atoms. The van der Waals surface area contributed by atoms with Gasteiger partial charge in [-0.15, -0.1) is 0 Å². The molecule has 0 saturated carbocycles. The van der Waals surface area contributed by atoms with Gasteiger partial charge in [-0.25, -0.2) is 4.98 Å². The Bertz CT molecular complexity index is 443. The number of aromatic nitrogens is 2. The second kappa shape index (κ2) is 3.95. The number of pyridine rings is 2. The molecule has 0 radical (unpaired) electrons. The van der Waals surface area contributed by atoms with Crippen LogP contribution >= 0.6 is 23.2 Å². The van der Waals surface area contributed by atoms with Crippen LogP contribution in [0.15, 0.2) is 36.7 Å². The van der Waals surface area contributed by atoms with Crippen LogP contribution in [0.25, 0.3) is 11.1 Å². The molecule has 14 heavy (non-hydrogen) atoms. The monoisotopic (exact) mass is 224 g/mol. The molecule has 2 nitrogen and oxygen atoms in total. The van der Waals surface area contributed by atoms with E-state index in [0.29, 0.717) is 10.3 Å². The van der Waals surface area contributed by atoms with Crippen LogP contribution in [0, 0.1) is 0 Å². The number of rotatable bonds is 1. The van der Waals surface area contributed by atoms with Crippen LogP contribution in [0.5, 0.6) is 0 Å². The Morgan fingerprint density at radius 1 is 1.07 bits per heavy atom. The maximum Gasteiger partial charge on any atom is 0.138 e. The predicted octanol–water partition coefficient (Wildman–Crippen LogP) is 3.45. The largest absolute Gasteiger partial charge is 0.264 e. The van der Waals surface area contributed by atoms with Crippen LogP contribution in [0.4, 0.5) is 0 Å². The molecule has 0 atom stereocenters. The molecule has 2 rings (SSSR count). The maximum atomic E-state index is 5.94. The zero-order valence-electron chi connectivity index (χ0n) is 7.11. The van der Waals surface area contributed by atoms with Gasteiger partial charge < -0.3 is 0 Å². The minimum Gasteiger partial charge on any atom is -0.264 e. The molecule has 0 unspecified atom stereocenters. The number of hydrogen-bond acceptors (Lipinski definition) is 2. The smallest absolute Gasteiger partial charge is 0.138 e. The third kappa shape index (κ3) is 1.86. The standard InChI is InChI=1S/C10H6Cl2N2/c11-9-4-3-8(10(12)14-9)7-2-1-5-13-6-7/h1-6H. The third-order valence-electron chi connectivity index (χ3n) is 1.79. The zero-order chi connectivity index (χ0) is 9.97. The van der Waals surface area contributed by atoms with Crippen LogP contribution in [0.3, 0.4) is 0 Å². The van der Waals surface area contributed by atoms with Crippen molar-refractivity contribution in [1.82, 2.24) is 9.97 Å². The molecule has 0 fully saturated rings. The van der Waals surface area contributed by atoms with Gasteiger partial charge in [0.1, 0.15) is 10.3 Å². The molecule has 0 aromatic carbocycles. The molecule has 0 spiro atoms. The Morgan fingerprint density at radius 3 is 2.57 bits per heavy atom. The van der Waals surface area contributed by atoms with E-state index in [1.54, 1.807) is 18.5 Å². The van der Waals surface area contributed by atoms with E-state index in [9.17, 15) is 0 Å². The van der Waals surface area contributed by atoms with Gasteiger partial charge in [0.05, 0.1) is 0 Å². The fraction of sp³-hybridized carbons (Fsp3) is 0. The van der Waals surface area contributed by atoms with Crippen LogP contribution in [0.1, 0.15) is 0 Å². The normalized spacial score (nSPS) is 10.1. The Hall–Kier alpha value is -1.12. The second-order valence-electron chi connectivity index (χ2n) is 2.71. The topological polar surface area (TPSA) is 25.8 Å². The minimum absolute atomic E-state index is 0.391. The Kier molecular flexibility index (Phi) is 2.66. The van der Waals surface area contributed by atoms with E-state index in [1.807, 2.05) is 18.2 Å². The van der Waals surface area contributed by atoms with E-state index in [4.69, 9.17) is 23.2 Å². The van der Waals surface area contributed by atoms with Gasteiger partial charge in [-0.05, 0) is 18.2 Å². The van der Waals surface area contributed by atoms with E-state index < -0.39 is 0 Å². The highest BCUT2D eigenvalue weighted by Gasteiger charge is 2.04. The lowest BCUT2D eigenvalue weighted by atomic mass is 10.1. The van der Waals surface area contributed by atoms with Gasteiger partial charge >= 0.3 is 0 Å². The molecule has 2 heterocycles. The first-order valence-corrected chi connectivity index (χ1v) is 4.75. The van der Waals surface area contributed by atoms with Crippen molar-refractivity contribution in [2.45, 2.75) is 0 Å². The number of nitrogens with zero attached hydrogens (tertiary/aromatic N) is 2. The molecule has 0 aliphatic heterocycles. The molecule has 70 valence electrons. The van der Waals surface area contributed by atoms with E-state index in [1.165, 1.54) is 0 Å². The molecule has 4 heteroatoms. The zero-order valence-corrected chi connectivity index (χ0v) is 8.63. The van der Waals surface area contributed by atoms with E-state index in [0.717, 1.165) is 11.1 Å². The number of hydrogen-bond donors (Lipinski definition) is 0. The van der Waals surface area contributed by atoms with Crippen molar-refractivity contribution < 1.29 is 0 Å². The average Bonchev–Trinajstić information content (AvgIpc) is 2.19. The molecule has 2 aromatic rings. The molecule has 0 aliphatic rings. The van der Waals surface area contributed by atoms with Crippen LogP contribution in [-0.4, -0.2) is 9.97 Å². The third-order valence-corrected chi connectivity index (χ3v) is 2.29. The van der Waals surface area contributed by atoms with E-state index >= 15 is 0 Å². The lowest BCUT2D eigenvalue weighted by molar-refractivity contribution is 1.30. The van der Waals surface area contributed by atoms with Crippen molar-refractivity contribution in [2.24, 2.45) is 0 Å². The lowest BCUT2D eigenvalue weighted by Gasteiger charge is -2.02. The second-order valence-corrected chi connectivity index (χ2v) is 3.46. The van der Waals surface area contributed by atoms with Crippen LogP contribution < -0.4 is 0 Å². The van der Waals surface area contributed by atoms with Crippen molar-refractivity contribution in [3.8, 4) is 11.1 Å². The van der Waals surface area contributed by atoms with Crippen molar-refractivity contribution in [3.05, 3.63) is 47.0 Å². The predicted molar refractivity (Wildman–Crippen MR) is 57.5 cm³/mol. The fourth-order valence-electron chi connectivity index (χ4n) is 1.15. The van der Waals surface area contributed by atoms with Gasteiger partial charge in [0.15, 0.2) is 0 Å². The first-order valence-electron chi connectivity index (χ1n) is 4.00. The van der Waals surface area contributed by atoms with Crippen molar-refractivity contribution in [3.63, 3.8) is 0 Å². The van der Waals surface area contributed by atoms with Gasteiger partial charge in [0.25, 0.3) is 0 Å². The summed E-state index contributed by atoms with van der Waals surface area (Å²) in [5, 5.41) is 0.785. The molecule has 0 saturated heterocycles. The Labute approximate surface area is 91.5 Å². The SMILES string of the molecule is Clc1ccc(-c2cccnc2)c(Cl)n1. The quantitative estimate of drug-likeness (QED) is 0.694. The summed E-state index contributed by atoms with van der Waals surface area (Å²) in [6.07, 6.45) is 3.44. The van der Waals surface area contributed by atoms with Gasteiger partial charge in [-0.2, -0.15) is 0 Å². The number of halogens is 2. The molecule has 0 N–H and O–H groups in total. The highest BCUT2D eigenvalue weighted by molar-refractivity contribution is 6.34. The van der Waals surface area contributed by atoms with Gasteiger partial charge in [-0.1, -0.05) is 29.3 Å². The summed E-state index contributed by atoms with van der Waals surface area (Å²) in [4.78, 5) is 7.96. The highest BCUT2D eigenvalue weighted by Crippen LogP contribution is 2.26. The molecule has 0 aliphatic carbocycles. The first-order chi connectivity index (χ1) is 6.77. The average molecular weight is 225 g/mol. The molecular formula is C10H6Cl2N2. The summed E-state index contributed by atoms with van der Waals surface area (Å²) < 4.78 is 0. The molecule has 2 aromatic heterocycles. The lowest BCUT2D eigenvalue weighted by Crippen LogP contribution is -1.84. The summed E-state index contributed by atoms with van der Waals surface area (Å²) in [5.74, 6) is 0. The summed E-state index contributed by atoms with van der Waals surface area (Å²) >= 11 is 11.6. The van der Waals surface area contributed by atoms with Gasteiger partial charge in [-0.3, -0.25) is 4.98 Å². The first kappa shape index (κ1) is 9.44. The van der Waals surface area contributed by atoms with Gasteiger partial charge in [0.2, 0.25) is 0 Å². The highest BCUT2D eigenvalue weighted by atomic mass is 35.5. The van der Waals surface area contributed by atoms with Crippen molar-refractivity contribution >= 4 is 23.2 Å². The van der Waals surface area contributed by atoms with Crippen molar-refractivity contribution in [2.75, 3.05) is 0 Å². The Morgan fingerprint density at radius 2 is 1.93 bits per heavy atom. The summed E-state index contributed by atoms with van der Waals surface area (Å²) in [7, 11) is 0. The van der Waals surface area contributed by atoms with Crippen LogP contribution in [-0.2, 0) is 0 Å². The molecular weight excluding hydrogens is 219 g/mol. The van der Waals surface area contributed by atoms with E-state index in [-0.39, 0.29) is 0 Å². The summed E-state index contributed by atoms with van der Waals surface area (Å²) in [5.41, 5.74) is 1.77. The van der Waals surface area contributed by atoms with Gasteiger partial charge in [0, 0.05) is 23.5 Å². The van der Waals surface area contributed by atoms with Crippen LogP contribution in [0.2, 0.25) is 10.3 Å². The summed E-state index contributed by atoms with van der Waals surface area (Å²) in [6.45, 7) is 0. The summed E-state index contributed by atoms with van der Waals surface area (Å²) in [6, 6.07) is 7.30. The Balaban J connectivity index is 2.53. The minimum atomic E-state index is 0.391. The molecule has 0 amide bonds. The maximum absolute atomic E-state index is 5.94. The van der Waals surface area contributed by atoms with E-state index in [2.05, 4.69) is 9.97 Å². The van der Waals surface area contributed by atoms with Crippen molar-refractivity contribution in [1.29, 1.82) is 0 Å². The fourth-order valence-corrected chi connectivity index (χ4v) is 1.60.